The lowest BCUT2D eigenvalue weighted by Crippen LogP contribution is -2.14. The van der Waals surface area contributed by atoms with Gasteiger partial charge in [-0.05, 0) is 30.7 Å². The fourth-order valence-electron chi connectivity index (χ4n) is 1.45. The van der Waals surface area contributed by atoms with E-state index in [1.54, 1.807) is 0 Å². The lowest BCUT2D eigenvalue weighted by atomic mass is 10.1. The van der Waals surface area contributed by atoms with E-state index in [1.165, 1.54) is 0 Å². The molecule has 1 heterocycles. The van der Waals surface area contributed by atoms with E-state index in [0.717, 1.165) is 15.6 Å². The van der Waals surface area contributed by atoms with Crippen LogP contribution < -0.4 is 5.73 Å². The second-order valence-electron chi connectivity index (χ2n) is 3.70. The summed E-state index contributed by atoms with van der Waals surface area (Å²) in [5.41, 5.74) is 7.51. The minimum Gasteiger partial charge on any atom is -0.394 e. The normalized spacial score (nSPS) is 12.7. The molecule has 17 heavy (non-hydrogen) atoms. The van der Waals surface area contributed by atoms with Gasteiger partial charge in [0.15, 0.2) is 0 Å². The number of nitrogens with zero attached hydrogens (tertiary/aromatic N) is 2. The van der Waals surface area contributed by atoms with Crippen LogP contribution in [0.2, 0.25) is 0 Å². The van der Waals surface area contributed by atoms with Crippen LogP contribution in [-0.2, 0) is 0 Å². The number of halogens is 1. The zero-order valence-electron chi connectivity index (χ0n) is 9.22. The van der Waals surface area contributed by atoms with Crippen LogP contribution in [0.3, 0.4) is 0 Å². The average Bonchev–Trinajstić information content (AvgIpc) is 2.77. The Morgan fingerprint density at radius 1 is 1.53 bits per heavy atom. The third kappa shape index (κ3) is 2.54. The highest BCUT2D eigenvalue weighted by Crippen LogP contribution is 2.24. The van der Waals surface area contributed by atoms with Crippen molar-refractivity contribution in [3.63, 3.8) is 0 Å². The quantitative estimate of drug-likeness (QED) is 0.902. The van der Waals surface area contributed by atoms with Gasteiger partial charge in [0.1, 0.15) is 6.04 Å². The van der Waals surface area contributed by atoms with Crippen LogP contribution in [0.15, 0.2) is 27.2 Å². The molecule has 5 nitrogen and oxygen atoms in total. The Labute approximate surface area is 107 Å². The molecular weight excluding hydrogens is 286 g/mol. The summed E-state index contributed by atoms with van der Waals surface area (Å²) in [6, 6.07) is 5.15. The number of aliphatic hydroxyl groups excluding tert-OH is 1. The summed E-state index contributed by atoms with van der Waals surface area (Å²) in [7, 11) is 0. The molecule has 0 bridgehead atoms. The molecule has 0 aliphatic rings. The largest absolute Gasteiger partial charge is 0.394 e. The van der Waals surface area contributed by atoms with Crippen LogP contribution in [-0.4, -0.2) is 21.9 Å². The molecule has 0 saturated heterocycles. The van der Waals surface area contributed by atoms with Crippen molar-refractivity contribution in [2.45, 2.75) is 13.0 Å². The summed E-state index contributed by atoms with van der Waals surface area (Å²) in [4.78, 5) is 4.16. The van der Waals surface area contributed by atoms with Crippen molar-refractivity contribution in [3.05, 3.63) is 34.1 Å². The Balaban J connectivity index is 2.37. The molecule has 3 N–H and O–H groups in total. The van der Waals surface area contributed by atoms with Crippen molar-refractivity contribution in [2.24, 2.45) is 5.73 Å². The van der Waals surface area contributed by atoms with E-state index >= 15 is 0 Å². The van der Waals surface area contributed by atoms with Crippen molar-refractivity contribution in [3.8, 4) is 11.4 Å². The Bertz CT molecular complexity index is 527. The highest BCUT2D eigenvalue weighted by Gasteiger charge is 2.15. The molecule has 0 radical (unpaired) electrons. The molecular formula is C11H12BrN3O2. The smallest absolute Gasteiger partial charge is 0.246 e. The van der Waals surface area contributed by atoms with E-state index in [0.29, 0.717) is 5.82 Å². The summed E-state index contributed by atoms with van der Waals surface area (Å²) in [6.07, 6.45) is 0. The van der Waals surface area contributed by atoms with Crippen LogP contribution >= 0.6 is 15.9 Å². The lowest BCUT2D eigenvalue weighted by molar-refractivity contribution is 0.237. The van der Waals surface area contributed by atoms with Crippen molar-refractivity contribution in [1.29, 1.82) is 0 Å². The van der Waals surface area contributed by atoms with Crippen molar-refractivity contribution < 1.29 is 9.63 Å². The maximum Gasteiger partial charge on any atom is 0.246 e. The zero-order chi connectivity index (χ0) is 12.4. The molecule has 0 spiro atoms. The number of aromatic nitrogens is 2. The first kappa shape index (κ1) is 12.2. The maximum atomic E-state index is 8.90. The molecule has 6 heteroatoms. The summed E-state index contributed by atoms with van der Waals surface area (Å²) in [5.74, 6) is 0.721. The van der Waals surface area contributed by atoms with Crippen LogP contribution in [0.1, 0.15) is 17.5 Å². The Hall–Kier alpha value is -1.24. The highest BCUT2D eigenvalue weighted by atomic mass is 79.9. The first-order valence-corrected chi connectivity index (χ1v) is 5.87. The molecule has 1 atom stereocenters. The summed E-state index contributed by atoms with van der Waals surface area (Å²) in [6.45, 7) is 1.74. The van der Waals surface area contributed by atoms with Gasteiger partial charge in [0, 0.05) is 10.0 Å². The molecule has 0 aliphatic carbocycles. The van der Waals surface area contributed by atoms with Crippen LogP contribution in [0.4, 0.5) is 0 Å². The lowest BCUT2D eigenvalue weighted by Gasteiger charge is -2.01. The Kier molecular flexibility index (Phi) is 3.56. The molecule has 2 aromatic rings. The van der Waals surface area contributed by atoms with Gasteiger partial charge in [0.25, 0.3) is 0 Å². The molecule has 0 aliphatic heterocycles. The van der Waals surface area contributed by atoms with E-state index < -0.39 is 6.04 Å². The topological polar surface area (TPSA) is 85.2 Å². The van der Waals surface area contributed by atoms with E-state index in [-0.39, 0.29) is 12.5 Å². The number of rotatable bonds is 3. The average molecular weight is 298 g/mol. The van der Waals surface area contributed by atoms with Gasteiger partial charge in [0.2, 0.25) is 11.7 Å². The number of hydrogen-bond donors (Lipinski definition) is 2. The minimum absolute atomic E-state index is 0.221. The second kappa shape index (κ2) is 4.95. The maximum absolute atomic E-state index is 8.90. The van der Waals surface area contributed by atoms with Gasteiger partial charge in [0.05, 0.1) is 6.61 Å². The fourth-order valence-corrected chi connectivity index (χ4v) is 1.93. The molecule has 0 amide bonds. The number of aliphatic hydroxyl groups is 1. The van der Waals surface area contributed by atoms with Crippen molar-refractivity contribution in [2.75, 3.05) is 6.61 Å². The van der Waals surface area contributed by atoms with Gasteiger partial charge < -0.3 is 15.4 Å². The van der Waals surface area contributed by atoms with E-state index in [9.17, 15) is 0 Å². The van der Waals surface area contributed by atoms with Gasteiger partial charge in [-0.25, -0.2) is 0 Å². The third-order valence-electron chi connectivity index (χ3n) is 2.38. The van der Waals surface area contributed by atoms with E-state index in [4.69, 9.17) is 15.4 Å². The number of nitrogens with two attached hydrogens (primary N) is 1. The highest BCUT2D eigenvalue weighted by molar-refractivity contribution is 9.10. The summed E-state index contributed by atoms with van der Waals surface area (Å²) >= 11 is 3.39. The molecule has 0 fully saturated rings. The molecule has 0 unspecified atom stereocenters. The third-order valence-corrected chi connectivity index (χ3v) is 2.88. The van der Waals surface area contributed by atoms with Gasteiger partial charge >= 0.3 is 0 Å². The zero-order valence-corrected chi connectivity index (χ0v) is 10.8. The fraction of sp³-hybridized carbons (Fsp3) is 0.273. The number of benzene rings is 1. The van der Waals surface area contributed by atoms with Crippen LogP contribution in [0.25, 0.3) is 11.4 Å². The van der Waals surface area contributed by atoms with Crippen LogP contribution in [0, 0.1) is 6.92 Å². The van der Waals surface area contributed by atoms with Crippen molar-refractivity contribution in [1.82, 2.24) is 10.1 Å². The second-order valence-corrected chi connectivity index (χ2v) is 4.62. The molecule has 0 saturated carbocycles. The van der Waals surface area contributed by atoms with E-state index in [2.05, 4.69) is 26.1 Å². The minimum atomic E-state index is -0.632. The van der Waals surface area contributed by atoms with Gasteiger partial charge in [-0.15, -0.1) is 0 Å². The van der Waals surface area contributed by atoms with Gasteiger partial charge in [-0.3, -0.25) is 0 Å². The van der Waals surface area contributed by atoms with Gasteiger partial charge in [-0.2, -0.15) is 4.98 Å². The summed E-state index contributed by atoms with van der Waals surface area (Å²) < 4.78 is 5.99. The Morgan fingerprint density at radius 2 is 2.29 bits per heavy atom. The predicted molar refractivity (Wildman–Crippen MR) is 66.2 cm³/mol. The van der Waals surface area contributed by atoms with Gasteiger partial charge in [-0.1, -0.05) is 21.1 Å². The number of hydrogen-bond acceptors (Lipinski definition) is 5. The number of aryl methyl sites for hydroxylation is 1. The molecule has 90 valence electrons. The molecule has 1 aromatic carbocycles. The van der Waals surface area contributed by atoms with Crippen molar-refractivity contribution >= 4 is 15.9 Å². The SMILES string of the molecule is Cc1cc(Br)ccc1-c1noc([C@@H](N)CO)n1. The van der Waals surface area contributed by atoms with Crippen LogP contribution in [0.5, 0.6) is 0 Å². The summed E-state index contributed by atoms with van der Waals surface area (Å²) in [5, 5.41) is 12.8. The first-order chi connectivity index (χ1) is 8.11. The molecule has 1 aromatic heterocycles. The van der Waals surface area contributed by atoms with E-state index in [1.807, 2.05) is 25.1 Å². The predicted octanol–water partition coefficient (Wildman–Crippen LogP) is 1.80. The monoisotopic (exact) mass is 297 g/mol. The first-order valence-electron chi connectivity index (χ1n) is 5.08. The molecule has 2 rings (SSSR count). The standard InChI is InChI=1S/C11H12BrN3O2/c1-6-4-7(12)2-3-8(6)10-14-11(17-15-10)9(13)5-16/h2-4,9,16H,5,13H2,1H3/t9-/m0/s1. The Morgan fingerprint density at radius 3 is 2.94 bits per heavy atom.